The fraction of sp³-hybridized carbons (Fsp3) is 0.250. The van der Waals surface area contributed by atoms with Crippen molar-refractivity contribution in [3.8, 4) is 5.75 Å². The Hall–Kier alpha value is -2.36. The van der Waals surface area contributed by atoms with Crippen LogP contribution in [0, 0.1) is 6.92 Å². The zero-order chi connectivity index (χ0) is 14.5. The van der Waals surface area contributed by atoms with Crippen molar-refractivity contribution >= 4 is 5.78 Å². The number of hydrogen-bond acceptors (Lipinski definition) is 3. The Morgan fingerprint density at radius 3 is 2.75 bits per heavy atom. The van der Waals surface area contributed by atoms with Gasteiger partial charge in [-0.15, -0.1) is 0 Å². The monoisotopic (exact) mass is 271 g/mol. The summed E-state index contributed by atoms with van der Waals surface area (Å²) in [5.74, 6) is 0.540. The first-order valence-electron chi connectivity index (χ1n) is 6.48. The first-order valence-corrected chi connectivity index (χ1v) is 6.48. The normalized spacial score (nSPS) is 10.3. The van der Waals surface area contributed by atoms with Gasteiger partial charge < -0.3 is 9.30 Å². The van der Waals surface area contributed by atoms with Crippen molar-refractivity contribution in [2.45, 2.75) is 20.4 Å². The molecule has 2 rings (SSSR count). The Kier molecular flexibility index (Phi) is 4.35. The van der Waals surface area contributed by atoms with E-state index in [0.29, 0.717) is 24.5 Å². The number of carbonyl (C=O) groups excluding carboxylic acids is 1. The van der Waals surface area contributed by atoms with E-state index in [1.54, 1.807) is 29.0 Å². The molecular weight excluding hydrogens is 254 g/mol. The third-order valence-electron chi connectivity index (χ3n) is 3.01. The minimum Gasteiger partial charge on any atom is -0.491 e. The van der Waals surface area contributed by atoms with Gasteiger partial charge in [-0.1, -0.05) is 12.1 Å². The lowest BCUT2D eigenvalue weighted by atomic mass is 10.1. The molecule has 104 valence electrons. The second-order valence-electron chi connectivity index (χ2n) is 4.64. The molecule has 0 aliphatic heterocycles. The maximum atomic E-state index is 11.5. The van der Waals surface area contributed by atoms with Crippen molar-refractivity contribution in [2.24, 2.45) is 0 Å². The van der Waals surface area contributed by atoms with E-state index in [-0.39, 0.29) is 11.3 Å². The quantitative estimate of drug-likeness (QED) is 0.785. The largest absolute Gasteiger partial charge is 0.491 e. The predicted octanol–water partition coefficient (Wildman–Crippen LogP) is 2.44. The Labute approximate surface area is 117 Å². The molecule has 4 heteroatoms. The number of nitrogens with zero attached hydrogens (tertiary/aromatic N) is 1. The van der Waals surface area contributed by atoms with Crippen molar-refractivity contribution in [3.63, 3.8) is 0 Å². The van der Waals surface area contributed by atoms with Crippen LogP contribution in [0.3, 0.4) is 0 Å². The predicted molar refractivity (Wildman–Crippen MR) is 77.4 cm³/mol. The molecule has 0 N–H and O–H groups in total. The minimum atomic E-state index is -0.0628. The number of ketones is 1. The maximum Gasteiger partial charge on any atom is 0.250 e. The van der Waals surface area contributed by atoms with Gasteiger partial charge in [0.1, 0.15) is 12.4 Å². The standard InChI is InChI=1S/C16H17NO3/c1-12-6-7-14(13(2)18)15(11-12)20-10-9-17-8-4-3-5-16(17)19/h3-8,11H,9-10H2,1-2H3. The number of hydrogen-bond donors (Lipinski definition) is 0. The van der Waals surface area contributed by atoms with Gasteiger partial charge in [0.15, 0.2) is 5.78 Å². The molecule has 0 radical (unpaired) electrons. The molecule has 0 saturated carbocycles. The SMILES string of the molecule is CC(=O)c1ccc(C)cc1OCCn1ccccc1=O. The zero-order valence-corrected chi connectivity index (χ0v) is 11.6. The molecule has 1 aromatic heterocycles. The first-order chi connectivity index (χ1) is 9.58. The lowest BCUT2D eigenvalue weighted by molar-refractivity contribution is 0.101. The van der Waals surface area contributed by atoms with Gasteiger partial charge >= 0.3 is 0 Å². The molecule has 0 amide bonds. The van der Waals surface area contributed by atoms with Crippen LogP contribution in [0.25, 0.3) is 0 Å². The van der Waals surface area contributed by atoms with Gasteiger partial charge in [0, 0.05) is 12.3 Å². The van der Waals surface area contributed by atoms with Crippen molar-refractivity contribution in [3.05, 3.63) is 64.1 Å². The van der Waals surface area contributed by atoms with Gasteiger partial charge in [0.05, 0.1) is 12.1 Å². The van der Waals surface area contributed by atoms with E-state index in [2.05, 4.69) is 0 Å². The van der Waals surface area contributed by atoms with Crippen LogP contribution in [-0.4, -0.2) is 17.0 Å². The summed E-state index contributed by atoms with van der Waals surface area (Å²) < 4.78 is 7.23. The van der Waals surface area contributed by atoms with Gasteiger partial charge in [-0.05, 0) is 37.6 Å². The Balaban J connectivity index is 2.08. The number of aromatic nitrogens is 1. The number of benzene rings is 1. The summed E-state index contributed by atoms with van der Waals surface area (Å²) in [6.45, 7) is 4.25. The van der Waals surface area contributed by atoms with Gasteiger partial charge in [-0.3, -0.25) is 9.59 Å². The number of rotatable bonds is 5. The van der Waals surface area contributed by atoms with Crippen LogP contribution < -0.4 is 10.3 Å². The molecule has 0 saturated heterocycles. The lowest BCUT2D eigenvalue weighted by Crippen LogP contribution is -2.21. The van der Waals surface area contributed by atoms with Crippen LogP contribution >= 0.6 is 0 Å². The Morgan fingerprint density at radius 2 is 2.05 bits per heavy atom. The average Bonchev–Trinajstić information content (AvgIpc) is 2.41. The van der Waals surface area contributed by atoms with E-state index in [4.69, 9.17) is 4.74 Å². The van der Waals surface area contributed by atoms with Crippen LogP contribution in [0.1, 0.15) is 22.8 Å². The molecule has 2 aromatic rings. The van der Waals surface area contributed by atoms with E-state index in [1.807, 2.05) is 19.1 Å². The molecular formula is C16H17NO3. The van der Waals surface area contributed by atoms with Gasteiger partial charge in [-0.2, -0.15) is 0 Å². The number of aryl methyl sites for hydroxylation is 1. The van der Waals surface area contributed by atoms with Crippen LogP contribution in [0.2, 0.25) is 0 Å². The second kappa shape index (κ2) is 6.19. The highest BCUT2D eigenvalue weighted by molar-refractivity contribution is 5.96. The number of Topliss-reactive ketones (excluding diaryl/α,β-unsaturated/α-hetero) is 1. The summed E-state index contributed by atoms with van der Waals surface area (Å²) in [7, 11) is 0. The molecule has 0 spiro atoms. The van der Waals surface area contributed by atoms with E-state index >= 15 is 0 Å². The molecule has 0 unspecified atom stereocenters. The fourth-order valence-electron chi connectivity index (χ4n) is 1.94. The van der Waals surface area contributed by atoms with E-state index in [0.717, 1.165) is 5.56 Å². The van der Waals surface area contributed by atoms with Crippen LogP contribution in [0.5, 0.6) is 5.75 Å². The first kappa shape index (κ1) is 14.1. The molecule has 0 aliphatic rings. The van der Waals surface area contributed by atoms with E-state index in [1.165, 1.54) is 13.0 Å². The molecule has 1 heterocycles. The Bertz CT molecular complexity index is 673. The lowest BCUT2D eigenvalue weighted by Gasteiger charge is -2.11. The molecule has 0 aliphatic carbocycles. The topological polar surface area (TPSA) is 48.3 Å². The summed E-state index contributed by atoms with van der Waals surface area (Å²) >= 11 is 0. The smallest absolute Gasteiger partial charge is 0.250 e. The Morgan fingerprint density at radius 1 is 1.25 bits per heavy atom. The summed E-state index contributed by atoms with van der Waals surface area (Å²) in [4.78, 5) is 23.1. The van der Waals surface area contributed by atoms with E-state index < -0.39 is 0 Å². The molecule has 0 fully saturated rings. The minimum absolute atomic E-state index is 0.0307. The van der Waals surface area contributed by atoms with E-state index in [9.17, 15) is 9.59 Å². The van der Waals surface area contributed by atoms with Crippen LogP contribution in [-0.2, 0) is 6.54 Å². The van der Waals surface area contributed by atoms with Crippen molar-refractivity contribution in [1.82, 2.24) is 4.57 Å². The summed E-state index contributed by atoms with van der Waals surface area (Å²) in [6, 6.07) is 10.5. The van der Waals surface area contributed by atoms with Crippen LogP contribution in [0.4, 0.5) is 0 Å². The van der Waals surface area contributed by atoms with Gasteiger partial charge in [0.25, 0.3) is 5.56 Å². The molecule has 4 nitrogen and oxygen atoms in total. The maximum absolute atomic E-state index is 11.5. The number of ether oxygens (including phenoxy) is 1. The summed E-state index contributed by atoms with van der Waals surface area (Å²) in [5, 5.41) is 0. The highest BCUT2D eigenvalue weighted by atomic mass is 16.5. The van der Waals surface area contributed by atoms with Gasteiger partial charge in [0.2, 0.25) is 0 Å². The number of carbonyl (C=O) groups is 1. The fourth-order valence-corrected chi connectivity index (χ4v) is 1.94. The third kappa shape index (κ3) is 3.35. The van der Waals surface area contributed by atoms with Crippen molar-refractivity contribution in [2.75, 3.05) is 6.61 Å². The van der Waals surface area contributed by atoms with Crippen molar-refractivity contribution < 1.29 is 9.53 Å². The number of pyridine rings is 1. The molecule has 0 atom stereocenters. The highest BCUT2D eigenvalue weighted by Gasteiger charge is 2.08. The summed E-state index contributed by atoms with van der Waals surface area (Å²) in [5.41, 5.74) is 1.53. The highest BCUT2D eigenvalue weighted by Crippen LogP contribution is 2.20. The van der Waals surface area contributed by atoms with Crippen LogP contribution in [0.15, 0.2) is 47.4 Å². The molecule has 20 heavy (non-hydrogen) atoms. The third-order valence-corrected chi connectivity index (χ3v) is 3.01. The second-order valence-corrected chi connectivity index (χ2v) is 4.64. The van der Waals surface area contributed by atoms with Gasteiger partial charge in [-0.25, -0.2) is 0 Å². The summed E-state index contributed by atoms with van der Waals surface area (Å²) in [6.07, 6.45) is 1.72. The molecule has 1 aromatic carbocycles. The van der Waals surface area contributed by atoms with Crippen molar-refractivity contribution in [1.29, 1.82) is 0 Å². The molecule has 0 bridgehead atoms. The zero-order valence-electron chi connectivity index (χ0n) is 11.6. The average molecular weight is 271 g/mol.